The molecule has 2 heterocycles. The van der Waals surface area contributed by atoms with Crippen LogP contribution in [-0.2, 0) is 11.2 Å². The van der Waals surface area contributed by atoms with Gasteiger partial charge in [0.15, 0.2) is 0 Å². The molecule has 1 amide bonds. The molecule has 1 aromatic carbocycles. The van der Waals surface area contributed by atoms with Gasteiger partial charge in [-0.25, -0.2) is 4.68 Å². The van der Waals surface area contributed by atoms with E-state index in [0.717, 1.165) is 22.8 Å². The van der Waals surface area contributed by atoms with Crippen molar-refractivity contribution in [3.63, 3.8) is 0 Å². The van der Waals surface area contributed by atoms with Gasteiger partial charge in [0.2, 0.25) is 5.91 Å². The van der Waals surface area contributed by atoms with Gasteiger partial charge in [-0.05, 0) is 49.3 Å². The van der Waals surface area contributed by atoms with Crippen LogP contribution in [0.4, 0.5) is 5.69 Å². The highest BCUT2D eigenvalue weighted by atomic mass is 16.5. The van der Waals surface area contributed by atoms with E-state index in [4.69, 9.17) is 9.26 Å². The molecule has 7 nitrogen and oxygen atoms in total. The Hall–Kier alpha value is -3.09. The van der Waals surface area contributed by atoms with Crippen molar-refractivity contribution in [2.45, 2.75) is 26.7 Å². The Morgan fingerprint density at radius 2 is 2.00 bits per heavy atom. The second kappa shape index (κ2) is 7.21. The van der Waals surface area contributed by atoms with Crippen LogP contribution in [0, 0.1) is 13.8 Å². The molecule has 0 unspecified atom stereocenters. The lowest BCUT2D eigenvalue weighted by atomic mass is 10.2. The zero-order chi connectivity index (χ0) is 17.8. The van der Waals surface area contributed by atoms with Crippen LogP contribution in [0.5, 0.6) is 5.88 Å². The normalized spacial score (nSPS) is 10.7. The molecule has 130 valence electrons. The van der Waals surface area contributed by atoms with Crippen molar-refractivity contribution in [2.24, 2.45) is 0 Å². The summed E-state index contributed by atoms with van der Waals surface area (Å²) < 4.78 is 11.9. The van der Waals surface area contributed by atoms with Gasteiger partial charge < -0.3 is 14.6 Å². The number of amides is 1. The van der Waals surface area contributed by atoms with Crippen LogP contribution in [-0.4, -0.2) is 28.0 Å². The maximum Gasteiger partial charge on any atom is 0.254 e. The number of ether oxygens (including phenoxy) is 1. The molecule has 2 aromatic heterocycles. The largest absolute Gasteiger partial charge is 0.479 e. The molecule has 0 fully saturated rings. The Kier molecular flexibility index (Phi) is 4.83. The van der Waals surface area contributed by atoms with E-state index >= 15 is 0 Å². The second-order valence-electron chi connectivity index (χ2n) is 5.77. The number of methoxy groups -OCH3 is 1. The number of carbonyl (C=O) groups is 1. The topological polar surface area (TPSA) is 82.2 Å². The smallest absolute Gasteiger partial charge is 0.254 e. The Labute approximate surface area is 145 Å². The highest BCUT2D eigenvalue weighted by molar-refractivity contribution is 5.90. The monoisotopic (exact) mass is 340 g/mol. The summed E-state index contributed by atoms with van der Waals surface area (Å²) in [6.07, 6.45) is 0.767. The minimum atomic E-state index is -0.0887. The summed E-state index contributed by atoms with van der Waals surface area (Å²) in [5.74, 6) is 0.941. The molecule has 0 aliphatic rings. The number of rotatable bonds is 6. The molecule has 0 saturated heterocycles. The van der Waals surface area contributed by atoms with Gasteiger partial charge in [0, 0.05) is 30.3 Å². The Balaban J connectivity index is 1.57. The lowest BCUT2D eigenvalue weighted by Crippen LogP contribution is -2.12. The fourth-order valence-corrected chi connectivity index (χ4v) is 2.54. The lowest BCUT2D eigenvalue weighted by Gasteiger charge is -2.07. The van der Waals surface area contributed by atoms with E-state index in [1.165, 1.54) is 7.11 Å². The lowest BCUT2D eigenvalue weighted by molar-refractivity contribution is -0.116. The molecule has 0 saturated carbocycles. The van der Waals surface area contributed by atoms with Gasteiger partial charge in [0.1, 0.15) is 5.76 Å². The number of hydrogen-bond acceptors (Lipinski definition) is 5. The molecule has 7 heteroatoms. The third kappa shape index (κ3) is 4.06. The molecule has 0 aliphatic carbocycles. The van der Waals surface area contributed by atoms with Gasteiger partial charge in [0.25, 0.3) is 5.88 Å². The number of carbonyl (C=O) groups excluding carboxylic acids is 1. The number of aryl methyl sites for hydroxylation is 3. The average molecular weight is 340 g/mol. The molecule has 0 spiro atoms. The van der Waals surface area contributed by atoms with E-state index in [0.29, 0.717) is 24.5 Å². The van der Waals surface area contributed by atoms with Gasteiger partial charge in [-0.1, -0.05) is 0 Å². The van der Waals surface area contributed by atoms with Gasteiger partial charge in [-0.3, -0.25) is 4.79 Å². The summed E-state index contributed by atoms with van der Waals surface area (Å²) in [6.45, 7) is 3.97. The van der Waals surface area contributed by atoms with Crippen molar-refractivity contribution in [1.82, 2.24) is 14.9 Å². The Bertz CT molecular complexity index is 865. The standard InChI is InChI=1S/C18H20N4O3/c1-12-10-13(2)22(20-12)15-6-4-14(5-7-15)19-17(23)9-8-16-11-18(24-3)21-25-16/h4-7,10-11H,8-9H2,1-3H3,(H,19,23). The fraction of sp³-hybridized carbons (Fsp3) is 0.278. The summed E-state index contributed by atoms with van der Waals surface area (Å²) >= 11 is 0. The van der Waals surface area contributed by atoms with Crippen molar-refractivity contribution < 1.29 is 14.1 Å². The molecule has 3 rings (SSSR count). The molecule has 1 N–H and O–H groups in total. The van der Waals surface area contributed by atoms with Crippen molar-refractivity contribution in [3.8, 4) is 11.6 Å². The number of nitrogens with one attached hydrogen (secondary N) is 1. The van der Waals surface area contributed by atoms with Crippen LogP contribution in [0.3, 0.4) is 0 Å². The first kappa shape index (κ1) is 16.8. The quantitative estimate of drug-likeness (QED) is 0.746. The molecule has 25 heavy (non-hydrogen) atoms. The van der Waals surface area contributed by atoms with Crippen LogP contribution in [0.25, 0.3) is 5.69 Å². The van der Waals surface area contributed by atoms with E-state index in [1.54, 1.807) is 6.07 Å². The summed E-state index contributed by atoms with van der Waals surface area (Å²) in [7, 11) is 1.52. The third-order valence-corrected chi connectivity index (χ3v) is 3.75. The van der Waals surface area contributed by atoms with Crippen LogP contribution in [0.2, 0.25) is 0 Å². The third-order valence-electron chi connectivity index (χ3n) is 3.75. The number of aromatic nitrogens is 3. The molecule has 0 bridgehead atoms. The fourth-order valence-electron chi connectivity index (χ4n) is 2.54. The van der Waals surface area contributed by atoms with Crippen molar-refractivity contribution in [2.75, 3.05) is 12.4 Å². The zero-order valence-corrected chi connectivity index (χ0v) is 14.4. The summed E-state index contributed by atoms with van der Waals surface area (Å²) in [6, 6.07) is 11.3. The summed E-state index contributed by atoms with van der Waals surface area (Å²) in [5.41, 5.74) is 3.73. The van der Waals surface area contributed by atoms with E-state index in [-0.39, 0.29) is 5.91 Å². The molecular formula is C18H20N4O3. The first-order chi connectivity index (χ1) is 12.0. The van der Waals surface area contributed by atoms with E-state index in [1.807, 2.05) is 48.9 Å². The van der Waals surface area contributed by atoms with Crippen LogP contribution in [0.1, 0.15) is 23.6 Å². The summed E-state index contributed by atoms with van der Waals surface area (Å²) in [4.78, 5) is 12.1. The Morgan fingerprint density at radius 1 is 1.24 bits per heavy atom. The highest BCUT2D eigenvalue weighted by Crippen LogP contribution is 2.16. The second-order valence-corrected chi connectivity index (χ2v) is 5.77. The predicted octanol–water partition coefficient (Wildman–Crippen LogP) is 3.06. The van der Waals surface area contributed by atoms with Crippen molar-refractivity contribution >= 4 is 11.6 Å². The molecule has 0 aliphatic heterocycles. The maximum absolute atomic E-state index is 12.1. The van der Waals surface area contributed by atoms with Gasteiger partial charge in [-0.2, -0.15) is 5.10 Å². The molecular weight excluding hydrogens is 320 g/mol. The average Bonchev–Trinajstić information content (AvgIpc) is 3.19. The minimum Gasteiger partial charge on any atom is -0.479 e. The number of hydrogen-bond donors (Lipinski definition) is 1. The number of anilines is 1. The van der Waals surface area contributed by atoms with Gasteiger partial charge in [0.05, 0.1) is 18.5 Å². The number of nitrogens with zero attached hydrogens (tertiary/aromatic N) is 3. The number of benzene rings is 1. The maximum atomic E-state index is 12.1. The van der Waals surface area contributed by atoms with Crippen molar-refractivity contribution in [3.05, 3.63) is 53.5 Å². The van der Waals surface area contributed by atoms with E-state index < -0.39 is 0 Å². The van der Waals surface area contributed by atoms with E-state index in [9.17, 15) is 4.79 Å². The highest BCUT2D eigenvalue weighted by Gasteiger charge is 2.09. The van der Waals surface area contributed by atoms with Crippen LogP contribution >= 0.6 is 0 Å². The SMILES string of the molecule is COc1cc(CCC(=O)Nc2ccc(-n3nc(C)cc3C)cc2)on1. The minimum absolute atomic E-state index is 0.0887. The summed E-state index contributed by atoms with van der Waals surface area (Å²) in [5, 5.41) is 11.0. The van der Waals surface area contributed by atoms with Crippen LogP contribution < -0.4 is 10.1 Å². The van der Waals surface area contributed by atoms with Gasteiger partial charge >= 0.3 is 0 Å². The predicted molar refractivity (Wildman–Crippen MR) is 93.0 cm³/mol. The molecule has 0 atom stereocenters. The molecule has 0 radical (unpaired) electrons. The van der Waals surface area contributed by atoms with Crippen molar-refractivity contribution in [1.29, 1.82) is 0 Å². The Morgan fingerprint density at radius 3 is 2.60 bits per heavy atom. The molecule has 3 aromatic rings. The first-order valence-electron chi connectivity index (χ1n) is 7.98. The van der Waals surface area contributed by atoms with Gasteiger partial charge in [-0.15, -0.1) is 0 Å². The first-order valence-corrected chi connectivity index (χ1v) is 7.98. The van der Waals surface area contributed by atoms with E-state index in [2.05, 4.69) is 15.6 Å². The zero-order valence-electron chi connectivity index (χ0n) is 14.4. The van der Waals surface area contributed by atoms with Crippen LogP contribution in [0.15, 0.2) is 40.9 Å².